The van der Waals surface area contributed by atoms with Gasteiger partial charge in [-0.3, -0.25) is 9.36 Å². The Morgan fingerprint density at radius 1 is 1.03 bits per heavy atom. The van der Waals surface area contributed by atoms with Crippen LogP contribution in [0.5, 0.6) is 5.75 Å². The quantitative estimate of drug-likeness (QED) is 0.283. The van der Waals surface area contributed by atoms with Crippen molar-refractivity contribution in [2.75, 3.05) is 12.4 Å². The van der Waals surface area contributed by atoms with E-state index in [1.165, 1.54) is 17.8 Å². The van der Waals surface area contributed by atoms with Crippen LogP contribution in [-0.4, -0.2) is 27.7 Å². The van der Waals surface area contributed by atoms with Gasteiger partial charge in [-0.2, -0.15) is 0 Å². The van der Waals surface area contributed by atoms with E-state index < -0.39 is 11.6 Å². The number of fused-ring (bicyclic) bond motifs is 1. The molecule has 0 aliphatic heterocycles. The summed E-state index contributed by atoms with van der Waals surface area (Å²) in [6, 6.07) is 18.5. The summed E-state index contributed by atoms with van der Waals surface area (Å²) in [4.78, 5) is 17.2. The first-order chi connectivity index (χ1) is 14.6. The molecule has 4 nitrogen and oxygen atoms in total. The van der Waals surface area contributed by atoms with Crippen LogP contribution in [0.1, 0.15) is 17.3 Å². The second-order valence-electron chi connectivity index (χ2n) is 6.49. The molecule has 0 radical (unpaired) electrons. The highest BCUT2D eigenvalue weighted by Gasteiger charge is 2.16. The minimum Gasteiger partial charge on any atom is -0.494 e. The number of carbonyl (C=O) groups excluding carboxylic acids is 1. The number of para-hydroxylation sites is 2. The largest absolute Gasteiger partial charge is 0.494 e. The molecule has 0 unspecified atom stereocenters. The zero-order chi connectivity index (χ0) is 21.1. The first-order valence-corrected chi connectivity index (χ1v) is 10.4. The van der Waals surface area contributed by atoms with E-state index >= 15 is 0 Å². The normalized spacial score (nSPS) is 11.0. The summed E-state index contributed by atoms with van der Waals surface area (Å²) in [7, 11) is 0. The van der Waals surface area contributed by atoms with Gasteiger partial charge in [-0.15, -0.1) is 0 Å². The summed E-state index contributed by atoms with van der Waals surface area (Å²) in [6.07, 6.45) is 0. The summed E-state index contributed by atoms with van der Waals surface area (Å²) in [5.74, 6) is -1.49. The number of thioether (sulfide) groups is 1. The van der Waals surface area contributed by atoms with Crippen molar-refractivity contribution >= 4 is 28.6 Å². The first kappa shape index (κ1) is 20.1. The molecule has 4 rings (SSSR count). The zero-order valence-electron chi connectivity index (χ0n) is 16.1. The van der Waals surface area contributed by atoms with Crippen LogP contribution in [-0.2, 0) is 0 Å². The van der Waals surface area contributed by atoms with E-state index in [0.29, 0.717) is 11.8 Å². The Morgan fingerprint density at radius 3 is 2.53 bits per heavy atom. The number of rotatable bonds is 7. The van der Waals surface area contributed by atoms with Crippen LogP contribution in [0.25, 0.3) is 16.7 Å². The molecule has 4 aromatic rings. The predicted molar refractivity (Wildman–Crippen MR) is 114 cm³/mol. The molecule has 0 saturated carbocycles. The molecule has 0 amide bonds. The number of nitrogens with zero attached hydrogens (tertiary/aromatic N) is 2. The van der Waals surface area contributed by atoms with Gasteiger partial charge in [-0.25, -0.2) is 13.8 Å². The fourth-order valence-electron chi connectivity index (χ4n) is 3.09. The van der Waals surface area contributed by atoms with Gasteiger partial charge in [-0.05, 0) is 61.5 Å². The van der Waals surface area contributed by atoms with Crippen molar-refractivity contribution in [1.82, 2.24) is 9.55 Å². The summed E-state index contributed by atoms with van der Waals surface area (Å²) < 4.78 is 34.1. The molecule has 0 bridgehead atoms. The van der Waals surface area contributed by atoms with Crippen LogP contribution < -0.4 is 4.74 Å². The van der Waals surface area contributed by atoms with E-state index in [0.717, 1.165) is 34.6 Å². The summed E-state index contributed by atoms with van der Waals surface area (Å²) in [6.45, 7) is 2.51. The number of hydrogen-bond donors (Lipinski definition) is 0. The van der Waals surface area contributed by atoms with E-state index in [1.54, 1.807) is 0 Å². The maximum absolute atomic E-state index is 13.5. The van der Waals surface area contributed by atoms with Crippen molar-refractivity contribution in [2.24, 2.45) is 0 Å². The van der Waals surface area contributed by atoms with Crippen LogP contribution in [0.4, 0.5) is 8.78 Å². The average Bonchev–Trinajstić information content (AvgIpc) is 3.13. The zero-order valence-corrected chi connectivity index (χ0v) is 17.0. The fraction of sp³-hybridized carbons (Fsp3) is 0.130. The number of imidazole rings is 1. The second kappa shape index (κ2) is 8.67. The third-order valence-corrected chi connectivity index (χ3v) is 5.45. The number of ether oxygens (including phenoxy) is 1. The fourth-order valence-corrected chi connectivity index (χ4v) is 4.01. The van der Waals surface area contributed by atoms with E-state index in [2.05, 4.69) is 4.98 Å². The average molecular weight is 424 g/mol. The third kappa shape index (κ3) is 4.07. The van der Waals surface area contributed by atoms with Crippen LogP contribution in [0.2, 0.25) is 0 Å². The number of Topliss-reactive ketones (excluding diaryl/α,β-unsaturated/α-hetero) is 1. The smallest absolute Gasteiger partial charge is 0.174 e. The van der Waals surface area contributed by atoms with Gasteiger partial charge >= 0.3 is 0 Å². The number of halogens is 2. The van der Waals surface area contributed by atoms with E-state index in [4.69, 9.17) is 4.74 Å². The molecule has 0 aliphatic carbocycles. The molecule has 1 aromatic heterocycles. The lowest BCUT2D eigenvalue weighted by Crippen LogP contribution is -2.05. The van der Waals surface area contributed by atoms with Crippen molar-refractivity contribution in [3.8, 4) is 11.4 Å². The molecule has 30 heavy (non-hydrogen) atoms. The maximum atomic E-state index is 13.5. The Bertz CT molecular complexity index is 1210. The van der Waals surface area contributed by atoms with E-state index in [9.17, 15) is 13.6 Å². The van der Waals surface area contributed by atoms with Crippen LogP contribution >= 0.6 is 11.8 Å². The van der Waals surface area contributed by atoms with Gasteiger partial charge in [0, 0.05) is 11.3 Å². The molecule has 7 heteroatoms. The maximum Gasteiger partial charge on any atom is 0.174 e. The van der Waals surface area contributed by atoms with Crippen LogP contribution in [0, 0.1) is 11.6 Å². The van der Waals surface area contributed by atoms with Crippen molar-refractivity contribution in [2.45, 2.75) is 12.1 Å². The minimum absolute atomic E-state index is 0.0470. The van der Waals surface area contributed by atoms with Gasteiger partial charge in [0.1, 0.15) is 5.75 Å². The Kier molecular flexibility index (Phi) is 5.81. The molecule has 0 aliphatic rings. The summed E-state index contributed by atoms with van der Waals surface area (Å²) in [5.41, 5.74) is 2.72. The molecule has 152 valence electrons. The Labute approximate surface area is 176 Å². The van der Waals surface area contributed by atoms with Gasteiger partial charge in [0.05, 0.1) is 23.4 Å². The number of hydrogen-bond acceptors (Lipinski definition) is 4. The lowest BCUT2D eigenvalue weighted by molar-refractivity contribution is 0.102. The van der Waals surface area contributed by atoms with Gasteiger partial charge in [-0.1, -0.05) is 23.9 Å². The lowest BCUT2D eigenvalue weighted by Gasteiger charge is -2.10. The topological polar surface area (TPSA) is 44.1 Å². The first-order valence-electron chi connectivity index (χ1n) is 9.38. The van der Waals surface area contributed by atoms with Gasteiger partial charge < -0.3 is 4.74 Å². The summed E-state index contributed by atoms with van der Waals surface area (Å²) in [5, 5.41) is 0.635. The Hall–Kier alpha value is -3.19. The van der Waals surface area contributed by atoms with Crippen LogP contribution in [0.3, 0.4) is 0 Å². The second-order valence-corrected chi connectivity index (χ2v) is 7.43. The molecule has 0 N–H and O–H groups in total. The SMILES string of the molecule is CCOc1ccc(-n2c(SCC(=O)c3ccc(F)c(F)c3)nc3ccccc32)cc1. The highest BCUT2D eigenvalue weighted by Crippen LogP contribution is 2.29. The van der Waals surface area contributed by atoms with Crippen molar-refractivity contribution in [3.63, 3.8) is 0 Å². The third-order valence-electron chi connectivity index (χ3n) is 4.51. The summed E-state index contributed by atoms with van der Waals surface area (Å²) >= 11 is 1.25. The van der Waals surface area contributed by atoms with Crippen molar-refractivity contribution in [1.29, 1.82) is 0 Å². The van der Waals surface area contributed by atoms with Gasteiger partial charge in [0.25, 0.3) is 0 Å². The molecule has 0 fully saturated rings. The van der Waals surface area contributed by atoms with E-state index in [-0.39, 0.29) is 17.1 Å². The monoisotopic (exact) mass is 424 g/mol. The highest BCUT2D eigenvalue weighted by atomic mass is 32.2. The molecule has 3 aromatic carbocycles. The molecular formula is C23H18F2N2O2S. The van der Waals surface area contributed by atoms with Gasteiger partial charge in [0.2, 0.25) is 0 Å². The number of carbonyl (C=O) groups is 1. The minimum atomic E-state index is -1.03. The number of ketones is 1. The molecule has 0 saturated heterocycles. The number of benzene rings is 3. The highest BCUT2D eigenvalue weighted by molar-refractivity contribution is 7.99. The van der Waals surface area contributed by atoms with Crippen molar-refractivity contribution < 1.29 is 18.3 Å². The Balaban J connectivity index is 1.64. The molecule has 1 heterocycles. The molecular weight excluding hydrogens is 406 g/mol. The standard InChI is InChI=1S/C23H18F2N2O2S/c1-2-29-17-10-8-16(9-11-17)27-21-6-4-3-5-20(21)26-23(27)30-14-22(28)15-7-12-18(24)19(25)13-15/h3-13H,2,14H2,1H3. The van der Waals surface area contributed by atoms with E-state index in [1.807, 2.05) is 60.0 Å². The van der Waals surface area contributed by atoms with Crippen molar-refractivity contribution in [3.05, 3.63) is 83.9 Å². The van der Waals surface area contributed by atoms with Crippen LogP contribution in [0.15, 0.2) is 71.9 Å². The Morgan fingerprint density at radius 2 is 1.80 bits per heavy atom. The predicted octanol–water partition coefficient (Wildman–Crippen LogP) is 5.68. The molecule has 0 atom stereocenters. The number of aromatic nitrogens is 2. The lowest BCUT2D eigenvalue weighted by atomic mass is 10.1. The van der Waals surface area contributed by atoms with Gasteiger partial charge in [0.15, 0.2) is 22.6 Å². The molecule has 0 spiro atoms.